The molecule has 0 aliphatic rings. The fraction of sp³-hybridized carbons (Fsp3) is 0.357. The number of amides is 1. The Bertz CT molecular complexity index is 348. The van der Waals surface area contributed by atoms with E-state index in [-0.39, 0.29) is 12.1 Å². The zero-order valence-electron chi connectivity index (χ0n) is 10.2. The van der Waals surface area contributed by atoms with Crippen LogP contribution >= 0.6 is 0 Å². The van der Waals surface area contributed by atoms with Gasteiger partial charge in [-0.25, -0.2) is 4.79 Å². The summed E-state index contributed by atoms with van der Waals surface area (Å²) in [5, 5.41) is 2.81. The van der Waals surface area contributed by atoms with Crippen molar-refractivity contribution in [3.8, 4) is 0 Å². The van der Waals surface area contributed by atoms with Crippen molar-refractivity contribution in [1.29, 1.82) is 0 Å². The molecule has 1 N–H and O–H groups in total. The lowest BCUT2D eigenvalue weighted by Gasteiger charge is -2.14. The molecule has 0 heterocycles. The van der Waals surface area contributed by atoms with E-state index in [0.29, 0.717) is 6.61 Å². The SMILES string of the molecule is C=CC[C@H](CC)NC(=O)OCc1ccccc1. The summed E-state index contributed by atoms with van der Waals surface area (Å²) in [6.07, 6.45) is 3.05. The van der Waals surface area contributed by atoms with Crippen LogP contribution in [0.25, 0.3) is 0 Å². The van der Waals surface area contributed by atoms with Gasteiger partial charge in [0, 0.05) is 6.04 Å². The van der Waals surface area contributed by atoms with Crippen LogP contribution in [0.15, 0.2) is 43.0 Å². The highest BCUT2D eigenvalue weighted by atomic mass is 16.5. The normalized spacial score (nSPS) is 11.6. The highest BCUT2D eigenvalue weighted by Crippen LogP contribution is 2.02. The third-order valence-electron chi connectivity index (χ3n) is 2.48. The molecular weight excluding hydrogens is 214 g/mol. The van der Waals surface area contributed by atoms with Gasteiger partial charge in [-0.3, -0.25) is 0 Å². The van der Waals surface area contributed by atoms with Gasteiger partial charge in [-0.2, -0.15) is 0 Å². The van der Waals surface area contributed by atoms with E-state index < -0.39 is 0 Å². The molecule has 0 saturated heterocycles. The molecular formula is C14H19NO2. The quantitative estimate of drug-likeness (QED) is 0.766. The molecule has 0 aliphatic carbocycles. The van der Waals surface area contributed by atoms with Gasteiger partial charge in [0.15, 0.2) is 0 Å². The van der Waals surface area contributed by atoms with Gasteiger partial charge in [0.1, 0.15) is 6.61 Å². The molecule has 1 atom stereocenters. The molecule has 0 unspecified atom stereocenters. The van der Waals surface area contributed by atoms with Crippen molar-refractivity contribution in [2.24, 2.45) is 0 Å². The molecule has 1 rings (SSSR count). The number of carbonyl (C=O) groups is 1. The van der Waals surface area contributed by atoms with Gasteiger partial charge in [0.05, 0.1) is 0 Å². The Hall–Kier alpha value is -1.77. The molecule has 3 nitrogen and oxygen atoms in total. The highest BCUT2D eigenvalue weighted by molar-refractivity contribution is 5.67. The maximum absolute atomic E-state index is 11.5. The van der Waals surface area contributed by atoms with Crippen LogP contribution in [0.4, 0.5) is 4.79 Å². The average Bonchev–Trinajstić information content (AvgIpc) is 2.37. The fourth-order valence-corrected chi connectivity index (χ4v) is 1.46. The minimum absolute atomic E-state index is 0.107. The second kappa shape index (κ2) is 7.49. The first-order valence-corrected chi connectivity index (χ1v) is 5.84. The van der Waals surface area contributed by atoms with Crippen LogP contribution in [0.1, 0.15) is 25.3 Å². The van der Waals surface area contributed by atoms with Crippen LogP contribution in [-0.4, -0.2) is 12.1 Å². The Balaban J connectivity index is 2.32. The van der Waals surface area contributed by atoms with Crippen molar-refractivity contribution in [3.63, 3.8) is 0 Å². The molecule has 1 aromatic rings. The number of rotatable bonds is 6. The maximum Gasteiger partial charge on any atom is 0.407 e. The smallest absolute Gasteiger partial charge is 0.407 e. The summed E-state index contributed by atoms with van der Waals surface area (Å²) < 4.78 is 5.12. The van der Waals surface area contributed by atoms with Crippen molar-refractivity contribution >= 4 is 6.09 Å². The number of nitrogens with one attached hydrogen (secondary N) is 1. The fourth-order valence-electron chi connectivity index (χ4n) is 1.46. The third kappa shape index (κ3) is 5.20. The van der Waals surface area contributed by atoms with Crippen LogP contribution < -0.4 is 5.32 Å². The number of hydrogen-bond donors (Lipinski definition) is 1. The zero-order chi connectivity index (χ0) is 12.5. The van der Waals surface area contributed by atoms with E-state index in [9.17, 15) is 4.79 Å². The van der Waals surface area contributed by atoms with Gasteiger partial charge in [-0.1, -0.05) is 43.3 Å². The number of alkyl carbamates (subject to hydrolysis) is 1. The first-order chi connectivity index (χ1) is 8.26. The van der Waals surface area contributed by atoms with E-state index in [2.05, 4.69) is 11.9 Å². The van der Waals surface area contributed by atoms with Gasteiger partial charge >= 0.3 is 6.09 Å². The molecule has 17 heavy (non-hydrogen) atoms. The zero-order valence-corrected chi connectivity index (χ0v) is 10.2. The topological polar surface area (TPSA) is 38.3 Å². The van der Waals surface area contributed by atoms with Crippen molar-refractivity contribution in [2.75, 3.05) is 0 Å². The Labute approximate surface area is 102 Å². The molecule has 1 aromatic carbocycles. The van der Waals surface area contributed by atoms with Crippen LogP contribution in [-0.2, 0) is 11.3 Å². The first kappa shape index (κ1) is 13.3. The van der Waals surface area contributed by atoms with Crippen LogP contribution in [0.2, 0.25) is 0 Å². The standard InChI is InChI=1S/C14H19NO2/c1-3-8-13(4-2)15-14(16)17-11-12-9-6-5-7-10-12/h3,5-7,9-10,13H,1,4,8,11H2,2H3,(H,15,16)/t13-/m0/s1. The molecule has 3 heteroatoms. The Kier molecular flexibility index (Phi) is 5.86. The van der Waals surface area contributed by atoms with E-state index in [0.717, 1.165) is 18.4 Å². The largest absolute Gasteiger partial charge is 0.445 e. The van der Waals surface area contributed by atoms with Gasteiger partial charge in [-0.15, -0.1) is 6.58 Å². The summed E-state index contributed by atoms with van der Waals surface area (Å²) in [4.78, 5) is 11.5. The molecule has 1 amide bonds. The maximum atomic E-state index is 11.5. The van der Waals surface area contributed by atoms with Gasteiger partial charge in [0.2, 0.25) is 0 Å². The van der Waals surface area contributed by atoms with Crippen molar-refractivity contribution in [1.82, 2.24) is 5.32 Å². The van der Waals surface area contributed by atoms with Gasteiger partial charge < -0.3 is 10.1 Å². The molecule has 0 saturated carbocycles. The van der Waals surface area contributed by atoms with Crippen LogP contribution in [0.5, 0.6) is 0 Å². The number of carbonyl (C=O) groups excluding carboxylic acids is 1. The summed E-state index contributed by atoms with van der Waals surface area (Å²) in [5.74, 6) is 0. The lowest BCUT2D eigenvalue weighted by molar-refractivity contribution is 0.135. The molecule has 0 radical (unpaired) electrons. The van der Waals surface area contributed by atoms with Crippen molar-refractivity contribution in [2.45, 2.75) is 32.4 Å². The molecule has 0 aliphatic heterocycles. The van der Waals surface area contributed by atoms with E-state index in [1.807, 2.05) is 37.3 Å². The Morgan fingerprint density at radius 2 is 2.18 bits per heavy atom. The predicted molar refractivity (Wildman–Crippen MR) is 68.7 cm³/mol. The highest BCUT2D eigenvalue weighted by Gasteiger charge is 2.09. The Morgan fingerprint density at radius 1 is 1.47 bits per heavy atom. The lowest BCUT2D eigenvalue weighted by Crippen LogP contribution is -2.34. The number of hydrogen-bond acceptors (Lipinski definition) is 2. The molecule has 0 fully saturated rings. The minimum Gasteiger partial charge on any atom is -0.445 e. The molecule has 0 bridgehead atoms. The summed E-state index contributed by atoms with van der Waals surface area (Å²) >= 11 is 0. The van der Waals surface area contributed by atoms with Gasteiger partial charge in [0.25, 0.3) is 0 Å². The second-order valence-corrected chi connectivity index (χ2v) is 3.84. The number of ether oxygens (including phenoxy) is 1. The van der Waals surface area contributed by atoms with Crippen LogP contribution in [0.3, 0.4) is 0 Å². The van der Waals surface area contributed by atoms with Crippen molar-refractivity contribution in [3.05, 3.63) is 48.6 Å². The average molecular weight is 233 g/mol. The molecule has 0 spiro atoms. The number of benzene rings is 1. The molecule has 0 aromatic heterocycles. The van der Waals surface area contributed by atoms with Crippen LogP contribution in [0, 0.1) is 0 Å². The summed E-state index contributed by atoms with van der Waals surface area (Å²) in [5.41, 5.74) is 0.986. The summed E-state index contributed by atoms with van der Waals surface area (Å²) in [7, 11) is 0. The third-order valence-corrected chi connectivity index (χ3v) is 2.48. The minimum atomic E-state index is -0.373. The molecule has 92 valence electrons. The Morgan fingerprint density at radius 3 is 2.76 bits per heavy atom. The summed E-state index contributed by atoms with van der Waals surface area (Å²) in [6.45, 7) is 5.98. The van der Waals surface area contributed by atoms with E-state index in [1.165, 1.54) is 0 Å². The first-order valence-electron chi connectivity index (χ1n) is 5.84. The van der Waals surface area contributed by atoms with Crippen molar-refractivity contribution < 1.29 is 9.53 Å². The monoisotopic (exact) mass is 233 g/mol. The van der Waals surface area contributed by atoms with E-state index in [4.69, 9.17) is 4.74 Å². The van der Waals surface area contributed by atoms with E-state index in [1.54, 1.807) is 6.08 Å². The van der Waals surface area contributed by atoms with Gasteiger partial charge in [-0.05, 0) is 18.4 Å². The second-order valence-electron chi connectivity index (χ2n) is 3.84. The predicted octanol–water partition coefficient (Wildman–Crippen LogP) is 3.27. The van der Waals surface area contributed by atoms with E-state index >= 15 is 0 Å². The summed E-state index contributed by atoms with van der Waals surface area (Å²) in [6, 6.07) is 9.73. The lowest BCUT2D eigenvalue weighted by atomic mass is 10.1.